The van der Waals surface area contributed by atoms with Crippen LogP contribution in [0.2, 0.25) is 0 Å². The smallest absolute Gasteiger partial charge is 0.312 e. The minimum Gasteiger partial charge on any atom is -0.461 e. The molecule has 2 amide bonds. The van der Waals surface area contributed by atoms with Crippen molar-refractivity contribution in [3.63, 3.8) is 0 Å². The van der Waals surface area contributed by atoms with Crippen molar-refractivity contribution in [1.29, 1.82) is 0 Å². The summed E-state index contributed by atoms with van der Waals surface area (Å²) in [7, 11) is 0. The Balaban J connectivity index is 2.17. The maximum Gasteiger partial charge on any atom is 0.312 e. The van der Waals surface area contributed by atoms with Crippen LogP contribution in [0, 0.1) is 23.2 Å². The Morgan fingerprint density at radius 2 is 1.89 bits per heavy atom. The minimum atomic E-state index is -1.22. The van der Waals surface area contributed by atoms with Crippen LogP contribution >= 0.6 is 15.9 Å². The average Bonchev–Trinajstić information content (AvgIpc) is 3.38. The highest BCUT2D eigenvalue weighted by molar-refractivity contribution is 9.09. The molecule has 1 spiro atoms. The van der Waals surface area contributed by atoms with E-state index in [-0.39, 0.29) is 41.2 Å². The van der Waals surface area contributed by atoms with E-state index < -0.39 is 47.1 Å². The third-order valence-corrected chi connectivity index (χ3v) is 9.01. The first-order valence-corrected chi connectivity index (χ1v) is 14.4. The lowest BCUT2D eigenvalue weighted by molar-refractivity contribution is -0.158. The third kappa shape index (κ3) is 5.22. The van der Waals surface area contributed by atoms with Gasteiger partial charge in [-0.25, -0.2) is 0 Å². The first-order valence-electron chi connectivity index (χ1n) is 13.5. The monoisotopic (exact) mass is 596 g/mol. The van der Waals surface area contributed by atoms with Crippen molar-refractivity contribution in [2.75, 3.05) is 19.8 Å². The number of halogens is 1. The number of hydrogen-bond donors (Lipinski definition) is 1. The summed E-state index contributed by atoms with van der Waals surface area (Å²) in [6, 6.07) is -1.62. The highest BCUT2D eigenvalue weighted by Gasteiger charge is 2.77. The molecule has 0 aromatic heterocycles. The van der Waals surface area contributed by atoms with Gasteiger partial charge in [0.2, 0.25) is 11.8 Å². The molecule has 0 aromatic rings. The van der Waals surface area contributed by atoms with E-state index in [1.54, 1.807) is 11.0 Å². The zero-order valence-electron chi connectivity index (χ0n) is 23.9. The molecule has 9 heteroatoms. The van der Waals surface area contributed by atoms with Crippen LogP contribution in [-0.4, -0.2) is 86.6 Å². The maximum atomic E-state index is 14.7. The van der Waals surface area contributed by atoms with Crippen LogP contribution in [0.3, 0.4) is 0 Å². The first-order chi connectivity index (χ1) is 17.6. The number of hydrogen-bond acceptors (Lipinski definition) is 6. The van der Waals surface area contributed by atoms with Gasteiger partial charge in [0.05, 0.1) is 30.6 Å². The van der Waals surface area contributed by atoms with E-state index in [1.165, 1.54) is 11.0 Å². The molecule has 2 bridgehead atoms. The molecule has 0 aliphatic carbocycles. The molecule has 3 saturated heterocycles. The molecule has 0 aromatic carbocycles. The first kappa shape index (κ1) is 30.8. The molecule has 0 saturated carbocycles. The second-order valence-corrected chi connectivity index (χ2v) is 14.3. The van der Waals surface area contributed by atoms with Crippen LogP contribution in [0.5, 0.6) is 0 Å². The number of fused-ring (bicyclic) bond motifs is 1. The third-order valence-electron chi connectivity index (χ3n) is 8.16. The van der Waals surface area contributed by atoms with Gasteiger partial charge in [-0.3, -0.25) is 14.4 Å². The number of alkyl halides is 1. The fraction of sp³-hybridized carbons (Fsp3) is 0.759. The van der Waals surface area contributed by atoms with Crippen molar-refractivity contribution in [2.24, 2.45) is 23.2 Å². The molecule has 38 heavy (non-hydrogen) atoms. The molecule has 8 nitrogen and oxygen atoms in total. The fourth-order valence-electron chi connectivity index (χ4n) is 7.14. The summed E-state index contributed by atoms with van der Waals surface area (Å²) in [5.41, 5.74) is -1.85. The summed E-state index contributed by atoms with van der Waals surface area (Å²) >= 11 is 3.68. The zero-order chi connectivity index (χ0) is 28.8. The van der Waals surface area contributed by atoms with Crippen molar-refractivity contribution in [3.05, 3.63) is 25.3 Å². The van der Waals surface area contributed by atoms with Gasteiger partial charge in [0.1, 0.15) is 18.2 Å². The number of aliphatic hydroxyl groups excluding tert-OH is 1. The molecule has 3 fully saturated rings. The Labute approximate surface area is 235 Å². The van der Waals surface area contributed by atoms with Gasteiger partial charge in [0, 0.05) is 16.9 Å². The normalized spacial score (nSPS) is 31.4. The molecule has 3 aliphatic rings. The molecule has 3 rings (SSSR count). The van der Waals surface area contributed by atoms with Gasteiger partial charge < -0.3 is 24.4 Å². The predicted molar refractivity (Wildman–Crippen MR) is 149 cm³/mol. The number of carbonyl (C=O) groups is 3. The number of nitrogens with zero attached hydrogens (tertiary/aromatic N) is 2. The standard InChI is InChI=1S/C29H45BrN2O6/c1-10-12-31(28(8,9)16-27(5,6)7)25(35)23-29-14-18(30)22(38-29)20(26(36)37-13-11-2)21(29)24(34)32(23)19(15-33)17(3)4/h10-11,17-23,33H,1-2,12-16H2,3-9H3/t18?,19-,20+,21-,22+,23?,29?/m0/s1. The van der Waals surface area contributed by atoms with Gasteiger partial charge in [0.25, 0.3) is 0 Å². The SMILES string of the molecule is C=CCOC(=O)[C@H]1[C@@H]2OC3(CC2Br)C(C(=O)N(CC=C)C(C)(C)CC(C)(C)C)N([C@@H](CO)C(C)C)C(=O)[C@H]13. The highest BCUT2D eigenvalue weighted by atomic mass is 79.9. The van der Waals surface area contributed by atoms with Crippen molar-refractivity contribution < 1.29 is 29.0 Å². The molecule has 3 aliphatic heterocycles. The van der Waals surface area contributed by atoms with E-state index in [4.69, 9.17) is 9.47 Å². The van der Waals surface area contributed by atoms with Crippen molar-refractivity contribution >= 4 is 33.7 Å². The summed E-state index contributed by atoms with van der Waals surface area (Å²) in [4.78, 5) is 45.3. The quantitative estimate of drug-likeness (QED) is 0.222. The molecule has 0 radical (unpaired) electrons. The van der Waals surface area contributed by atoms with Crippen LogP contribution in [0.4, 0.5) is 0 Å². The number of carbonyl (C=O) groups excluding carboxylic acids is 3. The Bertz CT molecular complexity index is 959. The number of rotatable bonds is 11. The summed E-state index contributed by atoms with van der Waals surface area (Å²) in [5.74, 6) is -3.00. The average molecular weight is 598 g/mol. The zero-order valence-corrected chi connectivity index (χ0v) is 25.5. The Morgan fingerprint density at radius 3 is 2.39 bits per heavy atom. The lowest BCUT2D eigenvalue weighted by Crippen LogP contribution is -2.63. The van der Waals surface area contributed by atoms with Gasteiger partial charge in [0.15, 0.2) is 0 Å². The molecular weight excluding hydrogens is 552 g/mol. The number of likely N-dealkylation sites (tertiary alicyclic amines) is 1. The molecule has 214 valence electrons. The van der Waals surface area contributed by atoms with Crippen LogP contribution in [-0.2, 0) is 23.9 Å². The van der Waals surface area contributed by atoms with Gasteiger partial charge in [-0.15, -0.1) is 6.58 Å². The molecular formula is C29H45BrN2O6. The van der Waals surface area contributed by atoms with Crippen molar-refractivity contribution in [1.82, 2.24) is 9.80 Å². The summed E-state index contributed by atoms with van der Waals surface area (Å²) in [6.07, 6.45) is 3.68. The topological polar surface area (TPSA) is 96.4 Å². The number of ether oxygens (including phenoxy) is 2. The van der Waals surface area contributed by atoms with Crippen molar-refractivity contribution in [2.45, 2.75) is 95.5 Å². The van der Waals surface area contributed by atoms with Crippen LogP contribution in [0.15, 0.2) is 25.3 Å². The predicted octanol–water partition coefficient (Wildman–Crippen LogP) is 3.71. The maximum absolute atomic E-state index is 14.7. The van der Waals surface area contributed by atoms with E-state index in [9.17, 15) is 19.5 Å². The summed E-state index contributed by atoms with van der Waals surface area (Å²) in [5, 5.41) is 10.4. The highest BCUT2D eigenvalue weighted by Crippen LogP contribution is 2.61. The van der Waals surface area contributed by atoms with Crippen LogP contribution < -0.4 is 0 Å². The Morgan fingerprint density at radius 1 is 1.26 bits per heavy atom. The molecule has 1 N–H and O–H groups in total. The molecule has 3 heterocycles. The number of esters is 1. The summed E-state index contributed by atoms with van der Waals surface area (Å²) < 4.78 is 12.0. The number of aliphatic hydroxyl groups is 1. The summed E-state index contributed by atoms with van der Waals surface area (Å²) in [6.45, 7) is 21.8. The van der Waals surface area contributed by atoms with Gasteiger partial charge in [-0.2, -0.15) is 0 Å². The number of amides is 2. The largest absolute Gasteiger partial charge is 0.461 e. The van der Waals surface area contributed by atoms with Crippen molar-refractivity contribution in [3.8, 4) is 0 Å². The Hall–Kier alpha value is -1.71. The minimum absolute atomic E-state index is 0.0222. The molecule has 7 atom stereocenters. The lowest BCUT2D eigenvalue weighted by atomic mass is 9.70. The lowest BCUT2D eigenvalue weighted by Gasteiger charge is -2.47. The molecule has 3 unspecified atom stereocenters. The van der Waals surface area contributed by atoms with Gasteiger partial charge in [-0.1, -0.05) is 69.3 Å². The van der Waals surface area contributed by atoms with E-state index in [0.29, 0.717) is 19.4 Å². The van der Waals surface area contributed by atoms with Gasteiger partial charge >= 0.3 is 5.97 Å². The second-order valence-electron chi connectivity index (χ2n) is 13.1. The van der Waals surface area contributed by atoms with Crippen LogP contribution in [0.1, 0.15) is 61.3 Å². The van der Waals surface area contributed by atoms with E-state index in [1.807, 2.05) is 27.7 Å². The van der Waals surface area contributed by atoms with Gasteiger partial charge in [-0.05, 0) is 38.0 Å². The van der Waals surface area contributed by atoms with E-state index in [0.717, 1.165) is 0 Å². The van der Waals surface area contributed by atoms with Crippen LogP contribution in [0.25, 0.3) is 0 Å². The Kier molecular flexibility index (Phi) is 8.96. The fourth-order valence-corrected chi connectivity index (χ4v) is 8.08. The van der Waals surface area contributed by atoms with E-state index in [2.05, 4.69) is 49.9 Å². The second kappa shape index (κ2) is 11.0. The van der Waals surface area contributed by atoms with E-state index >= 15 is 0 Å².